The van der Waals surface area contributed by atoms with E-state index in [2.05, 4.69) is 13.8 Å². The van der Waals surface area contributed by atoms with Crippen LogP contribution in [0.5, 0.6) is 0 Å². The first kappa shape index (κ1) is 12.8. The molecule has 3 heteroatoms. The molecule has 2 nitrogen and oxygen atoms in total. The Morgan fingerprint density at radius 3 is 2.53 bits per heavy atom. The zero-order valence-corrected chi connectivity index (χ0v) is 11.5. The van der Waals surface area contributed by atoms with E-state index in [0.29, 0.717) is 5.75 Å². The summed E-state index contributed by atoms with van der Waals surface area (Å²) in [5.41, 5.74) is 1.35. The molecule has 0 amide bonds. The molecule has 1 aromatic rings. The normalized spacial score (nSPS) is 24.8. The van der Waals surface area contributed by atoms with E-state index in [1.165, 1.54) is 5.56 Å². The maximum absolute atomic E-state index is 12.2. The molecule has 0 saturated carbocycles. The summed E-state index contributed by atoms with van der Waals surface area (Å²) in [5, 5.41) is 0. The lowest BCUT2D eigenvalue weighted by atomic mass is 9.87. The predicted molar refractivity (Wildman–Crippen MR) is 70.6 cm³/mol. The second-order valence-electron chi connectivity index (χ2n) is 5.42. The third kappa shape index (κ3) is 2.96. The van der Waals surface area contributed by atoms with Gasteiger partial charge in [0, 0.05) is 11.5 Å². The minimum atomic E-state index is -0.953. The molecule has 0 aromatic heterocycles. The zero-order chi connectivity index (χ0) is 12.5. The lowest BCUT2D eigenvalue weighted by molar-refractivity contribution is 0.0829. The van der Waals surface area contributed by atoms with Crippen molar-refractivity contribution >= 4 is 10.8 Å². The van der Waals surface area contributed by atoms with Gasteiger partial charge in [-0.05, 0) is 30.9 Å². The Labute approximate surface area is 106 Å². The summed E-state index contributed by atoms with van der Waals surface area (Å²) in [6.45, 7) is 7.21. The maximum atomic E-state index is 12.2. The van der Waals surface area contributed by atoms with Crippen molar-refractivity contribution < 1.29 is 8.95 Å². The highest BCUT2D eigenvalue weighted by Crippen LogP contribution is 2.34. The van der Waals surface area contributed by atoms with Crippen LogP contribution in [0.2, 0.25) is 0 Å². The van der Waals surface area contributed by atoms with Crippen LogP contribution >= 0.6 is 0 Å². The van der Waals surface area contributed by atoms with Gasteiger partial charge in [0.05, 0.1) is 22.7 Å². The molecule has 1 aliphatic heterocycles. The van der Waals surface area contributed by atoms with E-state index in [9.17, 15) is 4.21 Å². The zero-order valence-electron chi connectivity index (χ0n) is 10.7. The van der Waals surface area contributed by atoms with Crippen LogP contribution in [0.15, 0.2) is 29.2 Å². The van der Waals surface area contributed by atoms with E-state index in [4.69, 9.17) is 4.74 Å². The molecule has 17 heavy (non-hydrogen) atoms. The van der Waals surface area contributed by atoms with E-state index in [0.717, 1.165) is 17.9 Å². The molecular weight excluding hydrogens is 232 g/mol. The largest absolute Gasteiger partial charge is 0.377 e. The molecule has 1 fully saturated rings. The summed E-state index contributed by atoms with van der Waals surface area (Å²) in [5.74, 6) is 0.607. The van der Waals surface area contributed by atoms with Crippen LogP contribution in [0.25, 0.3) is 0 Å². The van der Waals surface area contributed by atoms with Crippen LogP contribution in [0.1, 0.15) is 25.8 Å². The topological polar surface area (TPSA) is 26.3 Å². The fourth-order valence-corrected chi connectivity index (χ4v) is 3.50. The Bertz CT molecular complexity index is 409. The molecule has 1 saturated heterocycles. The van der Waals surface area contributed by atoms with Crippen molar-refractivity contribution in [2.75, 3.05) is 12.4 Å². The Hall–Kier alpha value is -0.670. The van der Waals surface area contributed by atoms with Gasteiger partial charge in [0.25, 0.3) is 0 Å². The van der Waals surface area contributed by atoms with Crippen LogP contribution < -0.4 is 0 Å². The van der Waals surface area contributed by atoms with Gasteiger partial charge in [0.15, 0.2) is 0 Å². The van der Waals surface area contributed by atoms with Gasteiger partial charge in [-0.15, -0.1) is 0 Å². The smallest absolute Gasteiger partial charge is 0.0745 e. The fraction of sp³-hybridized carbons (Fsp3) is 0.571. The van der Waals surface area contributed by atoms with Gasteiger partial charge in [-0.1, -0.05) is 31.5 Å². The van der Waals surface area contributed by atoms with Crippen LogP contribution in [0.3, 0.4) is 0 Å². The van der Waals surface area contributed by atoms with Gasteiger partial charge < -0.3 is 4.74 Å². The van der Waals surface area contributed by atoms with Gasteiger partial charge in [-0.2, -0.15) is 0 Å². The van der Waals surface area contributed by atoms with Gasteiger partial charge in [0.2, 0.25) is 0 Å². The molecule has 1 heterocycles. The number of benzene rings is 1. The number of ether oxygens (including phenoxy) is 1. The molecule has 1 unspecified atom stereocenters. The number of aryl methyl sites for hydroxylation is 1. The van der Waals surface area contributed by atoms with Gasteiger partial charge in [0.1, 0.15) is 0 Å². The third-order valence-corrected chi connectivity index (χ3v) is 4.93. The standard InChI is InChI=1S/C14H20O2S/c1-11-4-6-12(7-5-11)17(15)10-13-14(2,3)8-9-16-13/h4-7,13H,8-10H2,1-3H3/t13?,17-/m1/s1. The van der Waals surface area contributed by atoms with Crippen LogP contribution in [-0.4, -0.2) is 22.7 Å². The molecule has 2 atom stereocenters. The van der Waals surface area contributed by atoms with Crippen molar-refractivity contribution in [1.29, 1.82) is 0 Å². The second-order valence-corrected chi connectivity index (χ2v) is 6.92. The Kier molecular flexibility index (Phi) is 3.69. The first-order valence-electron chi connectivity index (χ1n) is 6.06. The lowest BCUT2D eigenvalue weighted by Gasteiger charge is -2.24. The molecule has 1 aliphatic rings. The average Bonchev–Trinajstić information content (AvgIpc) is 2.59. The molecule has 94 valence electrons. The summed E-state index contributed by atoms with van der Waals surface area (Å²) in [4.78, 5) is 0.905. The first-order valence-corrected chi connectivity index (χ1v) is 7.37. The molecule has 0 bridgehead atoms. The fourth-order valence-electron chi connectivity index (χ4n) is 2.05. The summed E-state index contributed by atoms with van der Waals surface area (Å²) >= 11 is 0. The average molecular weight is 252 g/mol. The van der Waals surface area contributed by atoms with Crippen LogP contribution in [0, 0.1) is 12.3 Å². The Balaban J connectivity index is 2.04. The van der Waals surface area contributed by atoms with E-state index < -0.39 is 10.8 Å². The monoisotopic (exact) mass is 252 g/mol. The van der Waals surface area contributed by atoms with E-state index in [-0.39, 0.29) is 11.5 Å². The second kappa shape index (κ2) is 4.91. The third-order valence-electron chi connectivity index (χ3n) is 3.52. The van der Waals surface area contributed by atoms with Crippen molar-refractivity contribution in [2.45, 2.75) is 38.2 Å². The summed E-state index contributed by atoms with van der Waals surface area (Å²) in [6.07, 6.45) is 1.17. The number of rotatable bonds is 3. The minimum Gasteiger partial charge on any atom is -0.377 e. The lowest BCUT2D eigenvalue weighted by Crippen LogP contribution is -2.30. The molecule has 2 rings (SSSR count). The molecular formula is C14H20O2S. The Morgan fingerprint density at radius 1 is 1.35 bits per heavy atom. The highest BCUT2D eigenvalue weighted by molar-refractivity contribution is 7.85. The van der Waals surface area contributed by atoms with Crippen LogP contribution in [-0.2, 0) is 15.5 Å². The Morgan fingerprint density at radius 2 is 2.00 bits per heavy atom. The van der Waals surface area contributed by atoms with E-state index >= 15 is 0 Å². The summed E-state index contributed by atoms with van der Waals surface area (Å²) in [6, 6.07) is 7.92. The van der Waals surface area contributed by atoms with Crippen LogP contribution in [0.4, 0.5) is 0 Å². The molecule has 0 radical (unpaired) electrons. The van der Waals surface area contributed by atoms with Crippen molar-refractivity contribution in [3.8, 4) is 0 Å². The van der Waals surface area contributed by atoms with Crippen molar-refractivity contribution in [2.24, 2.45) is 5.41 Å². The van der Waals surface area contributed by atoms with Crippen molar-refractivity contribution in [3.05, 3.63) is 29.8 Å². The van der Waals surface area contributed by atoms with Gasteiger partial charge in [-0.25, -0.2) is 0 Å². The molecule has 0 aliphatic carbocycles. The minimum absolute atomic E-state index is 0.115. The summed E-state index contributed by atoms with van der Waals surface area (Å²) in [7, 11) is -0.953. The van der Waals surface area contributed by atoms with Crippen molar-refractivity contribution in [3.63, 3.8) is 0 Å². The number of hydrogen-bond acceptors (Lipinski definition) is 2. The predicted octanol–water partition coefficient (Wildman–Crippen LogP) is 2.92. The maximum Gasteiger partial charge on any atom is 0.0745 e. The SMILES string of the molecule is Cc1ccc([S@](=O)CC2OCCC2(C)C)cc1. The van der Waals surface area contributed by atoms with E-state index in [1.807, 2.05) is 31.2 Å². The highest BCUT2D eigenvalue weighted by Gasteiger charge is 2.36. The molecule has 1 aromatic carbocycles. The summed E-state index contributed by atoms with van der Waals surface area (Å²) < 4.78 is 17.9. The molecule has 0 N–H and O–H groups in total. The molecule has 0 spiro atoms. The van der Waals surface area contributed by atoms with E-state index in [1.54, 1.807) is 0 Å². The highest BCUT2D eigenvalue weighted by atomic mass is 32.2. The van der Waals surface area contributed by atoms with Crippen molar-refractivity contribution in [1.82, 2.24) is 0 Å². The van der Waals surface area contributed by atoms with Gasteiger partial charge >= 0.3 is 0 Å². The first-order chi connectivity index (χ1) is 7.99. The quantitative estimate of drug-likeness (QED) is 0.827. The van der Waals surface area contributed by atoms with Gasteiger partial charge in [-0.3, -0.25) is 4.21 Å². The number of hydrogen-bond donors (Lipinski definition) is 0.